The summed E-state index contributed by atoms with van der Waals surface area (Å²) >= 11 is 5.87. The van der Waals surface area contributed by atoms with Crippen LogP contribution in [0.3, 0.4) is 0 Å². The maximum atomic E-state index is 12.0. The minimum Gasteiger partial charge on any atom is -0.489 e. The van der Waals surface area contributed by atoms with Crippen LogP contribution in [0.4, 0.5) is 0 Å². The largest absolute Gasteiger partial charge is 0.489 e. The maximum Gasteiger partial charge on any atom is 0.271 e. The molecule has 0 aromatic heterocycles. The summed E-state index contributed by atoms with van der Waals surface area (Å²) in [6.45, 7) is 2.44. The van der Waals surface area contributed by atoms with E-state index in [1.54, 1.807) is 18.3 Å². The first-order chi connectivity index (χ1) is 13.1. The van der Waals surface area contributed by atoms with E-state index in [4.69, 9.17) is 16.3 Å². The molecule has 0 saturated carbocycles. The summed E-state index contributed by atoms with van der Waals surface area (Å²) < 4.78 is 5.74. The quantitative estimate of drug-likeness (QED) is 0.485. The number of amides is 1. The van der Waals surface area contributed by atoms with Gasteiger partial charge >= 0.3 is 0 Å². The highest BCUT2D eigenvalue weighted by molar-refractivity contribution is 6.30. The van der Waals surface area contributed by atoms with Crippen LogP contribution in [0, 0.1) is 6.92 Å². The van der Waals surface area contributed by atoms with Gasteiger partial charge in [0.1, 0.15) is 12.4 Å². The van der Waals surface area contributed by atoms with E-state index in [0.29, 0.717) is 17.2 Å². The number of nitrogens with zero attached hydrogens (tertiary/aromatic N) is 1. The van der Waals surface area contributed by atoms with Crippen LogP contribution >= 0.6 is 11.6 Å². The molecular weight excluding hydrogens is 360 g/mol. The van der Waals surface area contributed by atoms with Crippen LogP contribution in [0.2, 0.25) is 5.02 Å². The first-order valence-electron chi connectivity index (χ1n) is 8.47. The van der Waals surface area contributed by atoms with Crippen molar-refractivity contribution in [2.24, 2.45) is 5.10 Å². The van der Waals surface area contributed by atoms with Crippen molar-refractivity contribution in [2.75, 3.05) is 0 Å². The van der Waals surface area contributed by atoms with Crippen LogP contribution in [0.5, 0.6) is 5.75 Å². The SMILES string of the molecule is Cc1ccc(C(=O)NN=Cc2ccc(OCc3ccc(Cl)cc3)cc2)cc1. The molecule has 0 heterocycles. The minimum absolute atomic E-state index is 0.242. The Morgan fingerprint density at radius 2 is 1.67 bits per heavy atom. The van der Waals surface area contributed by atoms with Crippen molar-refractivity contribution in [3.05, 3.63) is 100 Å². The lowest BCUT2D eigenvalue weighted by Gasteiger charge is -2.06. The summed E-state index contributed by atoms with van der Waals surface area (Å²) in [6.07, 6.45) is 1.59. The average Bonchev–Trinajstić information content (AvgIpc) is 2.69. The molecular formula is C22H19ClN2O2. The predicted octanol–water partition coefficient (Wildman–Crippen LogP) is 4.99. The third kappa shape index (κ3) is 5.69. The fourth-order valence-electron chi connectivity index (χ4n) is 2.33. The molecule has 1 N–H and O–H groups in total. The number of aryl methyl sites for hydroxylation is 1. The fraction of sp³-hybridized carbons (Fsp3) is 0.0909. The molecule has 4 nitrogen and oxygen atoms in total. The molecule has 0 unspecified atom stereocenters. The van der Waals surface area contributed by atoms with Crippen molar-refractivity contribution in [3.63, 3.8) is 0 Å². The molecule has 3 aromatic rings. The van der Waals surface area contributed by atoms with Gasteiger partial charge in [0.2, 0.25) is 0 Å². The molecule has 0 radical (unpaired) electrons. The van der Waals surface area contributed by atoms with Crippen molar-refractivity contribution in [3.8, 4) is 5.75 Å². The first kappa shape index (κ1) is 18.7. The van der Waals surface area contributed by atoms with Gasteiger partial charge in [-0.3, -0.25) is 4.79 Å². The van der Waals surface area contributed by atoms with Crippen molar-refractivity contribution < 1.29 is 9.53 Å². The lowest BCUT2D eigenvalue weighted by Crippen LogP contribution is -2.17. The van der Waals surface area contributed by atoms with Crippen molar-refractivity contribution in [2.45, 2.75) is 13.5 Å². The number of hydrazone groups is 1. The van der Waals surface area contributed by atoms with Gasteiger partial charge in [-0.1, -0.05) is 41.4 Å². The molecule has 136 valence electrons. The molecule has 0 bridgehead atoms. The van der Waals surface area contributed by atoms with Gasteiger partial charge in [-0.15, -0.1) is 0 Å². The van der Waals surface area contributed by atoms with E-state index < -0.39 is 0 Å². The number of halogens is 1. The number of ether oxygens (including phenoxy) is 1. The van der Waals surface area contributed by atoms with E-state index in [1.807, 2.05) is 67.6 Å². The third-order valence-electron chi connectivity index (χ3n) is 3.89. The molecule has 5 heteroatoms. The second-order valence-corrected chi connectivity index (χ2v) is 6.49. The number of nitrogens with one attached hydrogen (secondary N) is 1. The van der Waals surface area contributed by atoms with Crippen LogP contribution in [-0.4, -0.2) is 12.1 Å². The predicted molar refractivity (Wildman–Crippen MR) is 108 cm³/mol. The van der Waals surface area contributed by atoms with Gasteiger partial charge in [0, 0.05) is 10.6 Å². The smallest absolute Gasteiger partial charge is 0.271 e. The topological polar surface area (TPSA) is 50.7 Å². The Morgan fingerprint density at radius 1 is 1.00 bits per heavy atom. The van der Waals surface area contributed by atoms with Crippen molar-refractivity contribution in [1.82, 2.24) is 5.43 Å². The van der Waals surface area contributed by atoms with Gasteiger partial charge < -0.3 is 4.74 Å². The molecule has 0 aliphatic carbocycles. The number of carbonyl (C=O) groups is 1. The van der Waals surface area contributed by atoms with Crippen LogP contribution < -0.4 is 10.2 Å². The van der Waals surface area contributed by atoms with Crippen LogP contribution in [0.25, 0.3) is 0 Å². The van der Waals surface area contributed by atoms with Crippen molar-refractivity contribution >= 4 is 23.7 Å². The number of benzene rings is 3. The highest BCUT2D eigenvalue weighted by atomic mass is 35.5. The number of carbonyl (C=O) groups excluding carboxylic acids is 1. The number of rotatable bonds is 6. The van der Waals surface area contributed by atoms with Gasteiger partial charge in [0.05, 0.1) is 6.21 Å². The second-order valence-electron chi connectivity index (χ2n) is 6.05. The molecule has 0 aliphatic rings. The van der Waals surface area contributed by atoms with Crippen LogP contribution in [0.15, 0.2) is 77.9 Å². The third-order valence-corrected chi connectivity index (χ3v) is 4.14. The van der Waals surface area contributed by atoms with E-state index in [-0.39, 0.29) is 5.91 Å². The molecule has 3 rings (SSSR count). The van der Waals surface area contributed by atoms with E-state index in [2.05, 4.69) is 10.5 Å². The molecule has 0 fully saturated rings. The molecule has 0 saturated heterocycles. The second kappa shape index (κ2) is 9.01. The Bertz CT molecular complexity index is 918. The molecule has 27 heavy (non-hydrogen) atoms. The lowest BCUT2D eigenvalue weighted by atomic mass is 10.1. The summed E-state index contributed by atoms with van der Waals surface area (Å²) in [7, 11) is 0. The van der Waals surface area contributed by atoms with Gasteiger partial charge in [-0.2, -0.15) is 5.10 Å². The zero-order chi connectivity index (χ0) is 19.1. The summed E-state index contributed by atoms with van der Waals surface area (Å²) in [5, 5.41) is 4.70. The van der Waals surface area contributed by atoms with Gasteiger partial charge in [0.15, 0.2) is 0 Å². The molecule has 0 spiro atoms. The fourth-order valence-corrected chi connectivity index (χ4v) is 2.46. The standard InChI is InChI=1S/C22H19ClN2O2/c1-16-2-8-19(9-3-16)22(26)25-24-14-17-6-12-21(13-7-17)27-15-18-4-10-20(23)11-5-18/h2-14H,15H2,1H3,(H,25,26). The van der Waals surface area contributed by atoms with Crippen LogP contribution in [-0.2, 0) is 6.61 Å². The minimum atomic E-state index is -0.242. The molecule has 0 atom stereocenters. The monoisotopic (exact) mass is 378 g/mol. The lowest BCUT2D eigenvalue weighted by molar-refractivity contribution is 0.0955. The highest BCUT2D eigenvalue weighted by Crippen LogP contribution is 2.15. The molecule has 3 aromatic carbocycles. The van der Waals surface area contributed by atoms with Gasteiger partial charge in [0.25, 0.3) is 5.91 Å². The Labute approximate surface area is 163 Å². The van der Waals surface area contributed by atoms with E-state index in [1.165, 1.54) is 0 Å². The number of hydrogen-bond acceptors (Lipinski definition) is 3. The zero-order valence-electron chi connectivity index (χ0n) is 14.9. The zero-order valence-corrected chi connectivity index (χ0v) is 15.6. The molecule has 0 aliphatic heterocycles. The van der Waals surface area contributed by atoms with E-state index in [0.717, 1.165) is 22.4 Å². The summed E-state index contributed by atoms with van der Waals surface area (Å²) in [4.78, 5) is 12.0. The first-order valence-corrected chi connectivity index (χ1v) is 8.85. The van der Waals surface area contributed by atoms with Crippen molar-refractivity contribution in [1.29, 1.82) is 0 Å². The number of hydrogen-bond donors (Lipinski definition) is 1. The van der Waals surface area contributed by atoms with Gasteiger partial charge in [-0.05, 0) is 66.6 Å². The van der Waals surface area contributed by atoms with Crippen LogP contribution in [0.1, 0.15) is 27.0 Å². The summed E-state index contributed by atoms with van der Waals surface area (Å²) in [5.41, 5.74) is 6.10. The Hall–Kier alpha value is -3.11. The van der Waals surface area contributed by atoms with E-state index in [9.17, 15) is 4.79 Å². The summed E-state index contributed by atoms with van der Waals surface area (Å²) in [5.74, 6) is 0.514. The normalized spacial score (nSPS) is 10.7. The average molecular weight is 379 g/mol. The Morgan fingerprint density at radius 3 is 2.33 bits per heavy atom. The Balaban J connectivity index is 1.50. The van der Waals surface area contributed by atoms with Gasteiger partial charge in [-0.25, -0.2) is 5.43 Å². The molecule has 1 amide bonds. The summed E-state index contributed by atoms with van der Waals surface area (Å²) in [6, 6.07) is 22.3. The highest BCUT2D eigenvalue weighted by Gasteiger charge is 2.02. The maximum absolute atomic E-state index is 12.0. The Kier molecular flexibility index (Phi) is 6.23. The van der Waals surface area contributed by atoms with E-state index >= 15 is 0 Å².